The van der Waals surface area contributed by atoms with Crippen molar-refractivity contribution in [2.75, 3.05) is 19.8 Å². The number of carbonyl (C=O) groups is 3. The molecular formula is C33H60O6. The summed E-state index contributed by atoms with van der Waals surface area (Å²) in [6.07, 6.45) is 12.8. The van der Waals surface area contributed by atoms with Gasteiger partial charge in [-0.2, -0.15) is 0 Å². The molecule has 0 amide bonds. The third-order valence-electron chi connectivity index (χ3n) is 7.84. The van der Waals surface area contributed by atoms with E-state index in [0.717, 1.165) is 77.0 Å². The van der Waals surface area contributed by atoms with Gasteiger partial charge in [0, 0.05) is 19.3 Å². The van der Waals surface area contributed by atoms with Crippen molar-refractivity contribution in [3.8, 4) is 0 Å². The number of hydrogen-bond donors (Lipinski definition) is 0. The van der Waals surface area contributed by atoms with E-state index in [1.165, 1.54) is 0 Å². The molecule has 0 bridgehead atoms. The average molecular weight is 553 g/mol. The van der Waals surface area contributed by atoms with E-state index in [-0.39, 0.29) is 17.9 Å². The van der Waals surface area contributed by atoms with Gasteiger partial charge in [-0.3, -0.25) is 14.4 Å². The third-order valence-corrected chi connectivity index (χ3v) is 7.84. The van der Waals surface area contributed by atoms with Crippen LogP contribution in [-0.4, -0.2) is 37.7 Å². The van der Waals surface area contributed by atoms with Crippen LogP contribution < -0.4 is 0 Å². The lowest BCUT2D eigenvalue weighted by atomic mass is 9.71. The van der Waals surface area contributed by atoms with Crippen molar-refractivity contribution >= 4 is 17.9 Å². The van der Waals surface area contributed by atoms with Crippen molar-refractivity contribution < 1.29 is 28.6 Å². The first-order chi connectivity index (χ1) is 18.5. The molecule has 1 fully saturated rings. The Morgan fingerprint density at radius 2 is 0.769 bits per heavy atom. The summed E-state index contributed by atoms with van der Waals surface area (Å²) in [5.41, 5.74) is 0. The van der Waals surface area contributed by atoms with Crippen LogP contribution in [0.1, 0.15) is 138 Å². The molecule has 0 N–H and O–H groups in total. The summed E-state index contributed by atoms with van der Waals surface area (Å²) in [4.78, 5) is 36.9. The first-order valence-electron chi connectivity index (χ1n) is 16.0. The van der Waals surface area contributed by atoms with Gasteiger partial charge in [-0.05, 0) is 113 Å². The fourth-order valence-corrected chi connectivity index (χ4v) is 5.63. The largest absolute Gasteiger partial charge is 0.466 e. The van der Waals surface area contributed by atoms with Crippen molar-refractivity contribution in [2.24, 2.45) is 35.5 Å². The SMILES string of the molecule is CC(C)CCCOC(=O)CCC1CC(CCC(=O)OCCCC(C)C)CC(CCC(=O)OCCCC(C)C)C1. The van der Waals surface area contributed by atoms with E-state index >= 15 is 0 Å². The van der Waals surface area contributed by atoms with Crippen molar-refractivity contribution in [1.29, 1.82) is 0 Å². The van der Waals surface area contributed by atoms with Gasteiger partial charge >= 0.3 is 17.9 Å². The van der Waals surface area contributed by atoms with Crippen LogP contribution in [-0.2, 0) is 28.6 Å². The standard InChI is InChI=1S/C33H60O6/c1-25(2)10-7-19-37-31(34)16-13-28-22-29(14-17-32(35)38-20-8-11-26(3)4)24-30(23-28)15-18-33(36)39-21-9-12-27(5)6/h25-30H,7-24H2,1-6H3. The molecule has 0 aromatic carbocycles. The summed E-state index contributed by atoms with van der Waals surface area (Å²) >= 11 is 0. The van der Waals surface area contributed by atoms with Gasteiger partial charge < -0.3 is 14.2 Å². The van der Waals surface area contributed by atoms with E-state index in [4.69, 9.17) is 14.2 Å². The van der Waals surface area contributed by atoms with Crippen LogP contribution in [0.25, 0.3) is 0 Å². The number of rotatable bonds is 21. The predicted molar refractivity (Wildman–Crippen MR) is 157 cm³/mol. The Kier molecular flexibility index (Phi) is 19.3. The van der Waals surface area contributed by atoms with Gasteiger partial charge in [0.1, 0.15) is 0 Å². The number of esters is 3. The van der Waals surface area contributed by atoms with Crippen LogP contribution in [0.5, 0.6) is 0 Å². The van der Waals surface area contributed by atoms with Crippen molar-refractivity contribution in [1.82, 2.24) is 0 Å². The quantitative estimate of drug-likeness (QED) is 0.0809. The molecule has 1 rings (SSSR count). The van der Waals surface area contributed by atoms with Crippen LogP contribution in [0.15, 0.2) is 0 Å². The van der Waals surface area contributed by atoms with Crippen LogP contribution in [0.4, 0.5) is 0 Å². The van der Waals surface area contributed by atoms with E-state index in [9.17, 15) is 14.4 Å². The highest BCUT2D eigenvalue weighted by Crippen LogP contribution is 2.40. The molecule has 1 saturated carbocycles. The first-order valence-corrected chi connectivity index (χ1v) is 16.0. The zero-order valence-electron chi connectivity index (χ0n) is 26.1. The number of carbonyl (C=O) groups excluding carboxylic acids is 3. The second-order valence-corrected chi connectivity index (χ2v) is 13.2. The molecule has 0 aromatic heterocycles. The topological polar surface area (TPSA) is 78.9 Å². The van der Waals surface area contributed by atoms with Gasteiger partial charge in [0.05, 0.1) is 19.8 Å². The zero-order chi connectivity index (χ0) is 29.0. The van der Waals surface area contributed by atoms with Gasteiger partial charge in [-0.15, -0.1) is 0 Å². The second-order valence-electron chi connectivity index (χ2n) is 13.2. The zero-order valence-corrected chi connectivity index (χ0v) is 26.1. The normalized spacial score (nSPS) is 19.5. The Hall–Kier alpha value is -1.59. The van der Waals surface area contributed by atoms with Crippen LogP contribution in [0.2, 0.25) is 0 Å². The maximum atomic E-state index is 12.3. The van der Waals surface area contributed by atoms with Crippen LogP contribution >= 0.6 is 0 Å². The molecule has 0 spiro atoms. The van der Waals surface area contributed by atoms with E-state index in [2.05, 4.69) is 41.5 Å². The van der Waals surface area contributed by atoms with E-state index < -0.39 is 0 Å². The first kappa shape index (κ1) is 35.4. The predicted octanol–water partition coefficient (Wildman–Crippen LogP) is 8.30. The van der Waals surface area contributed by atoms with Gasteiger partial charge in [0.15, 0.2) is 0 Å². The highest BCUT2D eigenvalue weighted by Gasteiger charge is 2.30. The Bertz CT molecular complexity index is 575. The molecule has 6 nitrogen and oxygen atoms in total. The molecule has 228 valence electrons. The van der Waals surface area contributed by atoms with Crippen molar-refractivity contribution in [3.63, 3.8) is 0 Å². The fourth-order valence-electron chi connectivity index (χ4n) is 5.63. The molecule has 0 aliphatic heterocycles. The molecule has 1 aliphatic carbocycles. The van der Waals surface area contributed by atoms with Crippen molar-refractivity contribution in [3.05, 3.63) is 0 Å². The van der Waals surface area contributed by atoms with Gasteiger partial charge in [0.2, 0.25) is 0 Å². The molecule has 0 aromatic rings. The lowest BCUT2D eigenvalue weighted by molar-refractivity contribution is -0.144. The van der Waals surface area contributed by atoms with E-state index in [1.54, 1.807) is 0 Å². The summed E-state index contributed by atoms with van der Waals surface area (Å²) in [5.74, 6) is 2.80. The Labute approximate surface area is 239 Å². The molecule has 0 unspecified atom stereocenters. The summed E-state index contributed by atoms with van der Waals surface area (Å²) in [6, 6.07) is 0. The molecule has 0 saturated heterocycles. The maximum Gasteiger partial charge on any atom is 0.305 e. The van der Waals surface area contributed by atoms with Gasteiger partial charge in [-0.25, -0.2) is 0 Å². The van der Waals surface area contributed by atoms with Gasteiger partial charge in [-0.1, -0.05) is 41.5 Å². The fraction of sp³-hybridized carbons (Fsp3) is 0.909. The van der Waals surface area contributed by atoms with E-state index in [1.807, 2.05) is 0 Å². The average Bonchev–Trinajstić information content (AvgIpc) is 2.87. The number of hydrogen-bond acceptors (Lipinski definition) is 6. The van der Waals surface area contributed by atoms with Crippen LogP contribution in [0, 0.1) is 35.5 Å². The molecule has 6 heteroatoms. The summed E-state index contributed by atoms with van der Waals surface area (Å²) < 4.78 is 16.4. The minimum absolute atomic E-state index is 0.104. The monoisotopic (exact) mass is 552 g/mol. The van der Waals surface area contributed by atoms with E-state index in [0.29, 0.717) is 74.6 Å². The molecular weight excluding hydrogens is 492 g/mol. The third kappa shape index (κ3) is 20.0. The molecule has 0 radical (unpaired) electrons. The number of ether oxygens (including phenoxy) is 3. The lowest BCUT2D eigenvalue weighted by Gasteiger charge is -2.35. The summed E-state index contributed by atoms with van der Waals surface area (Å²) in [7, 11) is 0. The molecule has 0 atom stereocenters. The Morgan fingerprint density at radius 1 is 0.513 bits per heavy atom. The van der Waals surface area contributed by atoms with Crippen molar-refractivity contribution in [2.45, 2.75) is 138 Å². The lowest BCUT2D eigenvalue weighted by Crippen LogP contribution is -2.25. The highest BCUT2D eigenvalue weighted by atomic mass is 16.5. The van der Waals surface area contributed by atoms with Gasteiger partial charge in [0.25, 0.3) is 0 Å². The van der Waals surface area contributed by atoms with Crippen LogP contribution in [0.3, 0.4) is 0 Å². The highest BCUT2D eigenvalue weighted by molar-refractivity contribution is 5.70. The minimum atomic E-state index is -0.104. The summed E-state index contributed by atoms with van der Waals surface area (Å²) in [6.45, 7) is 14.6. The molecule has 39 heavy (non-hydrogen) atoms. The summed E-state index contributed by atoms with van der Waals surface area (Å²) in [5, 5.41) is 0. The Morgan fingerprint density at radius 3 is 1.00 bits per heavy atom. The molecule has 1 aliphatic rings. The minimum Gasteiger partial charge on any atom is -0.466 e. The smallest absolute Gasteiger partial charge is 0.305 e. The molecule has 0 heterocycles. The maximum absolute atomic E-state index is 12.3. The Balaban J connectivity index is 2.51. The second kappa shape index (κ2) is 21.2.